The predicted octanol–water partition coefficient (Wildman–Crippen LogP) is 5.44. The average molecular weight is 343 g/mol. The maximum absolute atomic E-state index is 6.04. The van der Waals surface area contributed by atoms with Gasteiger partial charge in [-0.05, 0) is 54.4 Å². The number of ether oxygens (including phenoxy) is 2. The Hall–Kier alpha value is -2.39. The van der Waals surface area contributed by atoms with Gasteiger partial charge in [0.2, 0.25) is 0 Å². The molecule has 3 rings (SSSR count). The lowest BCUT2D eigenvalue weighted by atomic mass is 9.89. The van der Waals surface area contributed by atoms with Crippen LogP contribution in [0.1, 0.15) is 28.6 Å². The Kier molecular flexibility index (Phi) is 4.81. The highest BCUT2D eigenvalue weighted by molar-refractivity contribution is 6.30. The van der Waals surface area contributed by atoms with E-state index in [0.717, 1.165) is 22.6 Å². The molecule has 0 N–H and O–H groups in total. The molecule has 1 heterocycles. The third-order valence-corrected chi connectivity index (χ3v) is 4.24. The summed E-state index contributed by atoms with van der Waals surface area (Å²) in [4.78, 5) is 0. The second-order valence-corrected chi connectivity index (χ2v) is 5.98. The second kappa shape index (κ2) is 7.02. The molecule has 0 amide bonds. The molecular formula is C20H19ClO3. The summed E-state index contributed by atoms with van der Waals surface area (Å²) in [5.41, 5.74) is 2.16. The summed E-state index contributed by atoms with van der Waals surface area (Å²) in [5.74, 6) is 3.10. The van der Waals surface area contributed by atoms with Crippen LogP contribution in [0.3, 0.4) is 0 Å². The summed E-state index contributed by atoms with van der Waals surface area (Å²) in [7, 11) is 3.26. The van der Waals surface area contributed by atoms with Crippen molar-refractivity contribution in [1.29, 1.82) is 0 Å². The van der Waals surface area contributed by atoms with Crippen molar-refractivity contribution in [3.63, 3.8) is 0 Å². The SMILES string of the molecule is COc1ccc([C@@H](c2ccc(Cl)cc2)c2ccc(C)o2)cc1OC. The van der Waals surface area contributed by atoms with Gasteiger partial charge in [-0.25, -0.2) is 0 Å². The van der Waals surface area contributed by atoms with Crippen molar-refractivity contribution >= 4 is 11.6 Å². The summed E-state index contributed by atoms with van der Waals surface area (Å²) in [5, 5.41) is 0.709. The molecule has 0 radical (unpaired) electrons. The lowest BCUT2D eigenvalue weighted by Gasteiger charge is -2.18. The molecule has 0 aliphatic heterocycles. The van der Waals surface area contributed by atoms with Crippen LogP contribution < -0.4 is 9.47 Å². The van der Waals surface area contributed by atoms with Crippen LogP contribution in [0.5, 0.6) is 11.5 Å². The van der Waals surface area contributed by atoms with Gasteiger partial charge in [-0.3, -0.25) is 0 Å². The fourth-order valence-corrected chi connectivity index (χ4v) is 2.94. The topological polar surface area (TPSA) is 31.6 Å². The van der Waals surface area contributed by atoms with E-state index in [4.69, 9.17) is 25.5 Å². The van der Waals surface area contributed by atoms with Crippen molar-refractivity contribution in [2.45, 2.75) is 12.8 Å². The Balaban J connectivity index is 2.12. The highest BCUT2D eigenvalue weighted by atomic mass is 35.5. The Morgan fingerprint density at radius 2 is 1.50 bits per heavy atom. The van der Waals surface area contributed by atoms with Crippen molar-refractivity contribution in [3.8, 4) is 11.5 Å². The van der Waals surface area contributed by atoms with Crippen molar-refractivity contribution < 1.29 is 13.9 Å². The molecule has 0 saturated heterocycles. The van der Waals surface area contributed by atoms with Crippen molar-refractivity contribution in [3.05, 3.63) is 82.3 Å². The molecule has 0 saturated carbocycles. The molecule has 3 nitrogen and oxygen atoms in total. The molecule has 2 aromatic carbocycles. The average Bonchev–Trinajstić information content (AvgIpc) is 3.02. The van der Waals surface area contributed by atoms with E-state index in [1.54, 1.807) is 14.2 Å². The highest BCUT2D eigenvalue weighted by Crippen LogP contribution is 2.37. The van der Waals surface area contributed by atoms with E-state index in [9.17, 15) is 0 Å². The number of benzene rings is 2. The van der Waals surface area contributed by atoms with E-state index in [1.807, 2.05) is 61.5 Å². The van der Waals surface area contributed by atoms with Crippen LogP contribution >= 0.6 is 11.6 Å². The maximum atomic E-state index is 6.04. The molecule has 24 heavy (non-hydrogen) atoms. The van der Waals surface area contributed by atoms with Gasteiger partial charge in [0.1, 0.15) is 11.5 Å². The predicted molar refractivity (Wildman–Crippen MR) is 95.4 cm³/mol. The van der Waals surface area contributed by atoms with E-state index < -0.39 is 0 Å². The first-order valence-corrected chi connectivity index (χ1v) is 8.04. The van der Waals surface area contributed by atoms with Crippen LogP contribution in [-0.2, 0) is 0 Å². The highest BCUT2D eigenvalue weighted by Gasteiger charge is 2.21. The first-order valence-electron chi connectivity index (χ1n) is 7.66. The van der Waals surface area contributed by atoms with E-state index >= 15 is 0 Å². The lowest BCUT2D eigenvalue weighted by Crippen LogP contribution is -2.03. The minimum absolute atomic E-state index is 0.0456. The van der Waals surface area contributed by atoms with Gasteiger partial charge in [0, 0.05) is 5.02 Å². The molecule has 124 valence electrons. The van der Waals surface area contributed by atoms with E-state index in [1.165, 1.54) is 0 Å². The monoisotopic (exact) mass is 342 g/mol. The van der Waals surface area contributed by atoms with Gasteiger partial charge < -0.3 is 13.9 Å². The Morgan fingerprint density at radius 1 is 0.833 bits per heavy atom. The summed E-state index contributed by atoms with van der Waals surface area (Å²) < 4.78 is 16.7. The Labute approximate surface area is 146 Å². The largest absolute Gasteiger partial charge is 0.493 e. The van der Waals surface area contributed by atoms with Crippen LogP contribution in [0, 0.1) is 6.92 Å². The summed E-state index contributed by atoms with van der Waals surface area (Å²) >= 11 is 6.04. The molecule has 0 fully saturated rings. The van der Waals surface area contributed by atoms with Crippen molar-refractivity contribution in [2.24, 2.45) is 0 Å². The molecule has 0 bridgehead atoms. The summed E-state index contributed by atoms with van der Waals surface area (Å²) in [6.07, 6.45) is 0. The minimum Gasteiger partial charge on any atom is -0.493 e. The first kappa shape index (κ1) is 16.5. The van der Waals surface area contributed by atoms with Crippen LogP contribution in [0.25, 0.3) is 0 Å². The Bertz CT molecular complexity index is 821. The second-order valence-electron chi connectivity index (χ2n) is 5.55. The number of hydrogen-bond acceptors (Lipinski definition) is 3. The number of hydrogen-bond donors (Lipinski definition) is 0. The zero-order valence-electron chi connectivity index (χ0n) is 13.9. The van der Waals surface area contributed by atoms with Gasteiger partial charge in [-0.2, -0.15) is 0 Å². The molecule has 0 unspecified atom stereocenters. The molecule has 0 aliphatic rings. The van der Waals surface area contributed by atoms with Gasteiger partial charge in [0.15, 0.2) is 11.5 Å². The summed E-state index contributed by atoms with van der Waals surface area (Å²) in [6.45, 7) is 1.94. The van der Waals surface area contributed by atoms with Gasteiger partial charge in [-0.1, -0.05) is 29.8 Å². The van der Waals surface area contributed by atoms with Gasteiger partial charge in [0.05, 0.1) is 20.1 Å². The molecule has 1 atom stereocenters. The van der Waals surface area contributed by atoms with Crippen LogP contribution in [0.4, 0.5) is 0 Å². The van der Waals surface area contributed by atoms with Gasteiger partial charge >= 0.3 is 0 Å². The van der Waals surface area contributed by atoms with Crippen LogP contribution in [-0.4, -0.2) is 14.2 Å². The third-order valence-electron chi connectivity index (χ3n) is 3.99. The Morgan fingerprint density at radius 3 is 2.08 bits per heavy atom. The fraction of sp³-hybridized carbons (Fsp3) is 0.200. The molecule has 0 aliphatic carbocycles. The third kappa shape index (κ3) is 3.26. The zero-order chi connectivity index (χ0) is 17.1. The van der Waals surface area contributed by atoms with Crippen LogP contribution in [0.2, 0.25) is 5.02 Å². The van der Waals surface area contributed by atoms with Crippen LogP contribution in [0.15, 0.2) is 59.0 Å². The molecule has 4 heteroatoms. The molecule has 1 aromatic heterocycles. The molecule has 3 aromatic rings. The molecule has 0 spiro atoms. The standard InChI is InChI=1S/C20H19ClO3/c1-13-4-10-18(24-13)20(14-5-8-16(21)9-6-14)15-7-11-17(22-2)19(12-15)23-3/h4-12,20H,1-3H3/t20-/m1/s1. The maximum Gasteiger partial charge on any atom is 0.161 e. The van der Waals surface area contributed by atoms with Gasteiger partial charge in [0.25, 0.3) is 0 Å². The normalized spacial score (nSPS) is 12.0. The van der Waals surface area contributed by atoms with Crippen molar-refractivity contribution in [1.82, 2.24) is 0 Å². The van der Waals surface area contributed by atoms with Crippen molar-refractivity contribution in [2.75, 3.05) is 14.2 Å². The first-order chi connectivity index (χ1) is 11.6. The zero-order valence-corrected chi connectivity index (χ0v) is 14.6. The van der Waals surface area contributed by atoms with E-state index in [2.05, 4.69) is 0 Å². The number of halogens is 1. The lowest BCUT2D eigenvalue weighted by molar-refractivity contribution is 0.354. The van der Waals surface area contributed by atoms with E-state index in [-0.39, 0.29) is 5.92 Å². The quantitative estimate of drug-likeness (QED) is 0.618. The molecular weight excluding hydrogens is 324 g/mol. The smallest absolute Gasteiger partial charge is 0.161 e. The summed E-state index contributed by atoms with van der Waals surface area (Å²) in [6, 6.07) is 17.7. The minimum atomic E-state index is -0.0456. The number of aryl methyl sites for hydroxylation is 1. The fourth-order valence-electron chi connectivity index (χ4n) is 2.82. The number of furan rings is 1. The van der Waals surface area contributed by atoms with Gasteiger partial charge in [-0.15, -0.1) is 0 Å². The van der Waals surface area contributed by atoms with E-state index in [0.29, 0.717) is 16.5 Å². The number of methoxy groups -OCH3 is 2. The number of rotatable bonds is 5.